The first-order valence-corrected chi connectivity index (χ1v) is 8.72. The normalized spacial score (nSPS) is 20.9. The van der Waals surface area contributed by atoms with Crippen LogP contribution in [0.4, 0.5) is 5.69 Å². The number of aliphatic carboxylic acids is 2. The van der Waals surface area contributed by atoms with Crippen molar-refractivity contribution in [3.63, 3.8) is 0 Å². The number of likely N-dealkylation sites (N-methyl/N-ethyl adjacent to an activating group) is 1. The molecule has 1 fully saturated rings. The number of benzene rings is 1. The molecule has 1 aliphatic heterocycles. The van der Waals surface area contributed by atoms with Crippen LogP contribution in [0.3, 0.4) is 0 Å². The highest BCUT2D eigenvalue weighted by Gasteiger charge is 2.24. The molecule has 0 spiro atoms. The molecule has 2 rings (SSSR count). The van der Waals surface area contributed by atoms with E-state index >= 15 is 0 Å². The maximum atomic E-state index is 11.2. The van der Waals surface area contributed by atoms with Crippen LogP contribution in [0.15, 0.2) is 24.3 Å². The Hall–Kier alpha value is -2.16. The Morgan fingerprint density at radius 3 is 2.27 bits per heavy atom. The van der Waals surface area contributed by atoms with Crippen LogP contribution < -0.4 is 15.9 Å². The second-order valence-corrected chi connectivity index (χ2v) is 6.85. The Morgan fingerprint density at radius 2 is 1.65 bits per heavy atom. The maximum Gasteiger partial charge on any atom is 0.0555 e. The molecule has 0 aliphatic carbocycles. The Morgan fingerprint density at radius 1 is 1.04 bits per heavy atom. The van der Waals surface area contributed by atoms with Crippen molar-refractivity contribution in [2.45, 2.75) is 12.5 Å². The molecule has 2 N–H and O–H groups in total. The third-order valence-corrected chi connectivity index (χ3v) is 4.69. The van der Waals surface area contributed by atoms with Gasteiger partial charge in [-0.1, -0.05) is 12.1 Å². The van der Waals surface area contributed by atoms with Crippen molar-refractivity contribution in [2.24, 2.45) is 0 Å². The summed E-state index contributed by atoms with van der Waals surface area (Å²) >= 11 is 0. The summed E-state index contributed by atoms with van der Waals surface area (Å²) in [5.74, 6) is -2.27. The van der Waals surface area contributed by atoms with Gasteiger partial charge in [0.25, 0.3) is 0 Å². The van der Waals surface area contributed by atoms with Crippen LogP contribution in [0, 0.1) is 0 Å². The zero-order chi connectivity index (χ0) is 19.1. The molecular formula is C18H26N4O4-2. The zero-order valence-corrected chi connectivity index (χ0v) is 15.1. The molecule has 144 valence electrons. The number of carbonyl (C=O) groups excluding carboxylic acids is 2. The van der Waals surface area contributed by atoms with Gasteiger partial charge in [0.05, 0.1) is 11.9 Å². The van der Waals surface area contributed by atoms with Gasteiger partial charge in [-0.2, -0.15) is 0 Å². The van der Waals surface area contributed by atoms with Gasteiger partial charge in [-0.3, -0.25) is 9.80 Å². The summed E-state index contributed by atoms with van der Waals surface area (Å²) in [5.41, 5.74) is 7.41. The van der Waals surface area contributed by atoms with Gasteiger partial charge in [-0.25, -0.2) is 0 Å². The van der Waals surface area contributed by atoms with Gasteiger partial charge in [0.2, 0.25) is 0 Å². The third kappa shape index (κ3) is 6.62. The second-order valence-electron chi connectivity index (χ2n) is 6.85. The van der Waals surface area contributed by atoms with E-state index in [2.05, 4.69) is 4.90 Å². The van der Waals surface area contributed by atoms with Gasteiger partial charge < -0.3 is 30.4 Å². The lowest BCUT2D eigenvalue weighted by molar-refractivity contribution is -0.308. The largest absolute Gasteiger partial charge is 0.549 e. The van der Waals surface area contributed by atoms with E-state index < -0.39 is 11.9 Å². The van der Waals surface area contributed by atoms with E-state index in [9.17, 15) is 19.8 Å². The topological polar surface area (TPSA) is 116 Å². The molecule has 8 nitrogen and oxygen atoms in total. The molecule has 0 radical (unpaired) electrons. The molecule has 1 aromatic carbocycles. The number of carboxylic acid groups (broad SMARTS) is 2. The van der Waals surface area contributed by atoms with Gasteiger partial charge in [-0.15, -0.1) is 0 Å². The number of nitrogens with zero attached hydrogens (tertiary/aromatic N) is 3. The fourth-order valence-corrected chi connectivity index (χ4v) is 3.23. The molecule has 0 aromatic heterocycles. The fraction of sp³-hybridized carbons (Fsp3) is 0.556. The molecule has 26 heavy (non-hydrogen) atoms. The third-order valence-electron chi connectivity index (χ3n) is 4.69. The van der Waals surface area contributed by atoms with E-state index in [-0.39, 0.29) is 19.1 Å². The van der Waals surface area contributed by atoms with Crippen molar-refractivity contribution < 1.29 is 19.8 Å². The number of hydrogen-bond acceptors (Lipinski definition) is 8. The van der Waals surface area contributed by atoms with E-state index in [4.69, 9.17) is 5.73 Å². The first-order chi connectivity index (χ1) is 12.3. The lowest BCUT2D eigenvalue weighted by Gasteiger charge is -2.35. The minimum absolute atomic E-state index is 0.151. The van der Waals surface area contributed by atoms with Gasteiger partial charge in [0.1, 0.15) is 0 Å². The SMILES string of the molecule is CN1CCN(CC(=O)[O-])CC(Cc2ccc(N)cc2)N(CC(=O)[O-])CC1. The maximum absolute atomic E-state index is 11.2. The number of hydrogen-bond donors (Lipinski definition) is 1. The molecule has 1 heterocycles. The molecule has 1 aliphatic rings. The average Bonchev–Trinajstić information content (AvgIpc) is 2.62. The lowest BCUT2D eigenvalue weighted by atomic mass is 10.0. The van der Waals surface area contributed by atoms with Crippen molar-refractivity contribution in [3.05, 3.63) is 29.8 Å². The van der Waals surface area contributed by atoms with Crippen LogP contribution in [-0.4, -0.2) is 85.5 Å². The number of anilines is 1. The van der Waals surface area contributed by atoms with Crippen LogP contribution in [-0.2, 0) is 16.0 Å². The van der Waals surface area contributed by atoms with Crippen molar-refractivity contribution in [1.82, 2.24) is 14.7 Å². The minimum atomic E-state index is -1.14. The van der Waals surface area contributed by atoms with Crippen molar-refractivity contribution in [1.29, 1.82) is 0 Å². The van der Waals surface area contributed by atoms with Crippen LogP contribution in [0.25, 0.3) is 0 Å². The Balaban J connectivity index is 2.23. The number of nitrogen functional groups attached to an aromatic ring is 1. The molecule has 1 atom stereocenters. The Kier molecular flexibility index (Phi) is 7.38. The quantitative estimate of drug-likeness (QED) is 0.541. The molecule has 1 saturated heterocycles. The highest BCUT2D eigenvalue weighted by molar-refractivity contribution is 5.67. The second kappa shape index (κ2) is 9.51. The standard InChI is InChI=1S/C18H28N4O4/c1-20-6-8-21(12-17(23)24)11-16(22(9-7-20)13-18(25)26)10-14-2-4-15(19)5-3-14/h2-5,16H,6-13,19H2,1H3,(H,23,24)(H,25,26)/p-2. The summed E-state index contributed by atoms with van der Waals surface area (Å²) in [6.07, 6.45) is 0.598. The first kappa shape index (κ1) is 20.2. The summed E-state index contributed by atoms with van der Waals surface area (Å²) < 4.78 is 0. The monoisotopic (exact) mass is 362 g/mol. The predicted octanol–water partition coefficient (Wildman–Crippen LogP) is -2.77. The smallest absolute Gasteiger partial charge is 0.0555 e. The van der Waals surface area contributed by atoms with Gasteiger partial charge in [0, 0.05) is 57.5 Å². The number of nitrogens with two attached hydrogens (primary N) is 1. The first-order valence-electron chi connectivity index (χ1n) is 8.72. The Bertz CT molecular complexity index is 608. The Labute approximate surface area is 153 Å². The van der Waals surface area contributed by atoms with Crippen molar-refractivity contribution >= 4 is 17.6 Å². The summed E-state index contributed by atoms with van der Waals surface area (Å²) in [5, 5.41) is 22.3. The van der Waals surface area contributed by atoms with E-state index in [1.165, 1.54) is 0 Å². The van der Waals surface area contributed by atoms with Crippen LogP contribution in [0.5, 0.6) is 0 Å². The summed E-state index contributed by atoms with van der Waals surface area (Å²) in [7, 11) is 1.94. The van der Waals surface area contributed by atoms with E-state index in [1.54, 1.807) is 17.0 Å². The molecule has 0 amide bonds. The molecule has 0 saturated carbocycles. The predicted molar refractivity (Wildman–Crippen MR) is 93.9 cm³/mol. The van der Waals surface area contributed by atoms with E-state index in [1.807, 2.05) is 24.1 Å². The van der Waals surface area contributed by atoms with Gasteiger partial charge >= 0.3 is 0 Å². The summed E-state index contributed by atoms with van der Waals surface area (Å²) in [4.78, 5) is 28.1. The lowest BCUT2D eigenvalue weighted by Crippen LogP contribution is -2.51. The van der Waals surface area contributed by atoms with E-state index in [0.717, 1.165) is 5.56 Å². The number of carboxylic acids is 2. The molecule has 1 aromatic rings. The van der Waals surface area contributed by atoms with Crippen LogP contribution in [0.2, 0.25) is 0 Å². The van der Waals surface area contributed by atoms with Crippen molar-refractivity contribution in [2.75, 3.05) is 58.6 Å². The van der Waals surface area contributed by atoms with Crippen molar-refractivity contribution in [3.8, 4) is 0 Å². The molecule has 8 heteroatoms. The molecule has 1 unspecified atom stereocenters. The van der Waals surface area contributed by atoms with Crippen LogP contribution >= 0.6 is 0 Å². The zero-order valence-electron chi connectivity index (χ0n) is 15.1. The van der Waals surface area contributed by atoms with Gasteiger partial charge in [0.15, 0.2) is 0 Å². The minimum Gasteiger partial charge on any atom is -0.549 e. The summed E-state index contributed by atoms with van der Waals surface area (Å²) in [6, 6.07) is 7.28. The highest BCUT2D eigenvalue weighted by Crippen LogP contribution is 2.14. The molecular weight excluding hydrogens is 336 g/mol. The fourth-order valence-electron chi connectivity index (χ4n) is 3.23. The summed E-state index contributed by atoms with van der Waals surface area (Å²) in [6.45, 7) is 2.65. The number of rotatable bonds is 6. The van der Waals surface area contributed by atoms with Gasteiger partial charge in [-0.05, 0) is 31.2 Å². The number of carbonyl (C=O) groups is 2. The molecule has 0 bridgehead atoms. The highest BCUT2D eigenvalue weighted by atomic mass is 16.4. The van der Waals surface area contributed by atoms with Crippen LogP contribution in [0.1, 0.15) is 5.56 Å². The average molecular weight is 362 g/mol. The van der Waals surface area contributed by atoms with E-state index in [0.29, 0.717) is 44.8 Å².